The van der Waals surface area contributed by atoms with E-state index in [2.05, 4.69) is 4.98 Å². The van der Waals surface area contributed by atoms with Crippen LogP contribution in [0.25, 0.3) is 0 Å². The highest BCUT2D eigenvalue weighted by Crippen LogP contribution is 1.89. The van der Waals surface area contributed by atoms with Gasteiger partial charge in [0.05, 0.1) is 0 Å². The molecule has 1 aromatic heterocycles. The van der Waals surface area contributed by atoms with Crippen LogP contribution in [0, 0.1) is 6.92 Å². The average molecular weight is 152 g/mol. The van der Waals surface area contributed by atoms with Crippen molar-refractivity contribution in [2.75, 3.05) is 0 Å². The smallest absolute Gasteiger partial charge is 0.254 e. The van der Waals surface area contributed by atoms with Crippen molar-refractivity contribution in [2.24, 2.45) is 5.73 Å². The molecule has 0 saturated heterocycles. The Morgan fingerprint density at radius 3 is 2.64 bits per heavy atom. The molecule has 1 amide bonds. The van der Waals surface area contributed by atoms with Gasteiger partial charge in [0.2, 0.25) is 0 Å². The van der Waals surface area contributed by atoms with E-state index in [4.69, 9.17) is 5.73 Å². The van der Waals surface area contributed by atoms with Gasteiger partial charge in [-0.3, -0.25) is 9.59 Å². The normalized spacial score (nSPS) is 9.55. The summed E-state index contributed by atoms with van der Waals surface area (Å²) in [6.45, 7) is 1.62. The van der Waals surface area contributed by atoms with Crippen LogP contribution >= 0.6 is 0 Å². The minimum absolute atomic E-state index is 0.00463. The van der Waals surface area contributed by atoms with Gasteiger partial charge < -0.3 is 10.7 Å². The van der Waals surface area contributed by atoms with Crippen molar-refractivity contribution in [3.63, 3.8) is 0 Å². The second kappa shape index (κ2) is 2.57. The summed E-state index contributed by atoms with van der Waals surface area (Å²) in [6, 6.07) is 0. The Balaban J connectivity index is 3.40. The van der Waals surface area contributed by atoms with Crippen LogP contribution in [-0.2, 0) is 0 Å². The van der Waals surface area contributed by atoms with Gasteiger partial charge in [-0.1, -0.05) is 0 Å². The predicted octanol–water partition coefficient (Wildman–Crippen LogP) is -0.218. The average Bonchev–Trinajstić information content (AvgIpc) is 1.94. The molecule has 4 nitrogen and oxygen atoms in total. The number of aromatic amines is 1. The molecule has 0 aromatic carbocycles. The Kier molecular flexibility index (Phi) is 1.76. The molecule has 1 aromatic rings. The van der Waals surface area contributed by atoms with E-state index >= 15 is 0 Å². The van der Waals surface area contributed by atoms with Gasteiger partial charge in [-0.05, 0) is 6.92 Å². The summed E-state index contributed by atoms with van der Waals surface area (Å²) in [4.78, 5) is 24.3. The highest BCUT2D eigenvalue weighted by atomic mass is 16.2. The molecule has 11 heavy (non-hydrogen) atoms. The van der Waals surface area contributed by atoms with Gasteiger partial charge in [-0.15, -0.1) is 0 Å². The Labute approximate surface area is 63.0 Å². The summed E-state index contributed by atoms with van der Waals surface area (Å²) in [5.41, 5.74) is 5.11. The number of nitrogens with two attached hydrogens (primary N) is 1. The van der Waals surface area contributed by atoms with Crippen LogP contribution in [0.3, 0.4) is 0 Å². The Morgan fingerprint density at radius 1 is 1.55 bits per heavy atom. The first-order valence-electron chi connectivity index (χ1n) is 3.10. The van der Waals surface area contributed by atoms with E-state index in [1.165, 1.54) is 12.4 Å². The lowest BCUT2D eigenvalue weighted by molar-refractivity contribution is 0.0999. The fourth-order valence-electron chi connectivity index (χ4n) is 0.777. The number of hydrogen-bond donors (Lipinski definition) is 2. The van der Waals surface area contributed by atoms with E-state index in [9.17, 15) is 9.59 Å². The van der Waals surface area contributed by atoms with E-state index < -0.39 is 5.91 Å². The Bertz CT molecular complexity index is 341. The third kappa shape index (κ3) is 1.29. The molecule has 1 heterocycles. The molecule has 0 fully saturated rings. The fraction of sp³-hybridized carbons (Fsp3) is 0.143. The maximum Gasteiger partial charge on any atom is 0.254 e. The molecule has 0 unspecified atom stereocenters. The zero-order valence-electron chi connectivity index (χ0n) is 6.05. The molecular formula is C7H8N2O2. The summed E-state index contributed by atoms with van der Waals surface area (Å²) < 4.78 is 0. The van der Waals surface area contributed by atoms with E-state index in [0.29, 0.717) is 5.56 Å². The third-order valence-corrected chi connectivity index (χ3v) is 1.40. The van der Waals surface area contributed by atoms with E-state index in [1.807, 2.05) is 0 Å². The second-order valence-corrected chi connectivity index (χ2v) is 2.25. The standard InChI is InChI=1S/C7H8N2O2/c1-4-2-9-3-5(6(4)10)7(8)11/h2-3H,1H3,(H2,8,11)(H,9,10). The molecule has 0 aliphatic rings. The van der Waals surface area contributed by atoms with Crippen molar-refractivity contribution < 1.29 is 4.79 Å². The lowest BCUT2D eigenvalue weighted by atomic mass is 10.2. The van der Waals surface area contributed by atoms with Gasteiger partial charge in [-0.2, -0.15) is 0 Å². The minimum Gasteiger partial charge on any atom is -0.366 e. The summed E-state index contributed by atoms with van der Waals surface area (Å²) in [5.74, 6) is -0.699. The summed E-state index contributed by atoms with van der Waals surface area (Å²) in [7, 11) is 0. The highest BCUT2D eigenvalue weighted by molar-refractivity contribution is 5.92. The van der Waals surface area contributed by atoms with Crippen LogP contribution in [0.2, 0.25) is 0 Å². The maximum atomic E-state index is 11.1. The van der Waals surface area contributed by atoms with Gasteiger partial charge in [0.1, 0.15) is 5.56 Å². The molecule has 0 spiro atoms. The number of primary amides is 1. The first kappa shape index (κ1) is 7.53. The highest BCUT2D eigenvalue weighted by Gasteiger charge is 2.05. The number of aryl methyl sites for hydroxylation is 1. The van der Waals surface area contributed by atoms with Crippen molar-refractivity contribution >= 4 is 5.91 Å². The van der Waals surface area contributed by atoms with Gasteiger partial charge >= 0.3 is 0 Å². The molecule has 0 radical (unpaired) electrons. The van der Waals surface area contributed by atoms with Crippen LogP contribution in [0.4, 0.5) is 0 Å². The first-order chi connectivity index (χ1) is 5.13. The zero-order chi connectivity index (χ0) is 8.43. The molecule has 0 aliphatic carbocycles. The Hall–Kier alpha value is -1.58. The lowest BCUT2D eigenvalue weighted by Gasteiger charge is -1.94. The SMILES string of the molecule is Cc1c[nH]cc(C(N)=O)c1=O. The topological polar surface area (TPSA) is 76.0 Å². The van der Waals surface area contributed by atoms with Crippen LogP contribution in [-0.4, -0.2) is 10.9 Å². The van der Waals surface area contributed by atoms with Crippen molar-refractivity contribution in [1.29, 1.82) is 0 Å². The fourth-order valence-corrected chi connectivity index (χ4v) is 0.777. The Morgan fingerprint density at radius 2 is 2.18 bits per heavy atom. The number of amides is 1. The maximum absolute atomic E-state index is 11.1. The van der Waals surface area contributed by atoms with Gasteiger partial charge in [0.25, 0.3) is 5.91 Å². The molecule has 0 aliphatic heterocycles. The van der Waals surface area contributed by atoms with Crippen molar-refractivity contribution in [2.45, 2.75) is 6.92 Å². The number of carbonyl (C=O) groups excluding carboxylic acids is 1. The number of H-pyrrole nitrogens is 1. The van der Waals surface area contributed by atoms with E-state index in [0.717, 1.165) is 0 Å². The third-order valence-electron chi connectivity index (χ3n) is 1.40. The van der Waals surface area contributed by atoms with Crippen molar-refractivity contribution in [3.05, 3.63) is 33.7 Å². The first-order valence-corrected chi connectivity index (χ1v) is 3.10. The van der Waals surface area contributed by atoms with Crippen LogP contribution in [0.5, 0.6) is 0 Å². The number of pyridine rings is 1. The summed E-state index contributed by atoms with van der Waals surface area (Å²) in [6.07, 6.45) is 2.83. The molecular weight excluding hydrogens is 144 g/mol. The number of hydrogen-bond acceptors (Lipinski definition) is 2. The van der Waals surface area contributed by atoms with Gasteiger partial charge in [0.15, 0.2) is 5.43 Å². The zero-order valence-corrected chi connectivity index (χ0v) is 6.05. The monoisotopic (exact) mass is 152 g/mol. The second-order valence-electron chi connectivity index (χ2n) is 2.25. The molecule has 1 rings (SSSR count). The van der Waals surface area contributed by atoms with Gasteiger partial charge in [-0.25, -0.2) is 0 Å². The predicted molar refractivity (Wildman–Crippen MR) is 40.3 cm³/mol. The van der Waals surface area contributed by atoms with Crippen molar-refractivity contribution in [3.8, 4) is 0 Å². The number of aromatic nitrogens is 1. The number of nitrogens with one attached hydrogen (secondary N) is 1. The van der Waals surface area contributed by atoms with Crippen LogP contribution in [0.1, 0.15) is 15.9 Å². The van der Waals surface area contributed by atoms with E-state index in [-0.39, 0.29) is 11.0 Å². The molecule has 0 bridgehead atoms. The van der Waals surface area contributed by atoms with E-state index in [1.54, 1.807) is 6.92 Å². The number of rotatable bonds is 1. The quantitative estimate of drug-likeness (QED) is 0.583. The van der Waals surface area contributed by atoms with Crippen LogP contribution in [0.15, 0.2) is 17.2 Å². The van der Waals surface area contributed by atoms with Crippen molar-refractivity contribution in [1.82, 2.24) is 4.98 Å². The minimum atomic E-state index is -0.699. The lowest BCUT2D eigenvalue weighted by Crippen LogP contribution is -2.22. The molecule has 0 saturated carbocycles. The van der Waals surface area contributed by atoms with Crippen LogP contribution < -0.4 is 11.2 Å². The van der Waals surface area contributed by atoms with Gasteiger partial charge in [0, 0.05) is 18.0 Å². The largest absolute Gasteiger partial charge is 0.366 e. The molecule has 4 heteroatoms. The molecule has 0 atom stereocenters. The molecule has 58 valence electrons. The summed E-state index contributed by atoms with van der Waals surface area (Å²) >= 11 is 0. The summed E-state index contributed by atoms with van der Waals surface area (Å²) in [5, 5.41) is 0. The number of carbonyl (C=O) groups is 1. The molecule has 3 N–H and O–H groups in total.